The van der Waals surface area contributed by atoms with Crippen molar-refractivity contribution >= 4 is 6.34 Å². The summed E-state index contributed by atoms with van der Waals surface area (Å²) in [5.41, 5.74) is 0. The predicted molar refractivity (Wildman–Crippen MR) is 47.0 cm³/mol. The van der Waals surface area contributed by atoms with Crippen molar-refractivity contribution in [2.24, 2.45) is 11.0 Å². The molecule has 0 spiro atoms. The SMILES string of the molecule is CC(C)CC1N(C#N)C=NN1C. The van der Waals surface area contributed by atoms with E-state index in [4.69, 9.17) is 5.26 Å². The van der Waals surface area contributed by atoms with E-state index in [1.54, 1.807) is 11.2 Å². The predicted octanol–water partition coefficient (Wildman–Crippen LogP) is 1.03. The lowest BCUT2D eigenvalue weighted by Gasteiger charge is -2.24. The Kier molecular flexibility index (Phi) is 2.54. The summed E-state index contributed by atoms with van der Waals surface area (Å²) >= 11 is 0. The summed E-state index contributed by atoms with van der Waals surface area (Å²) in [5.74, 6) is 0.579. The third kappa shape index (κ3) is 1.67. The Labute approximate surface area is 73.1 Å². The Morgan fingerprint density at radius 3 is 2.83 bits per heavy atom. The van der Waals surface area contributed by atoms with Crippen molar-refractivity contribution in [1.82, 2.24) is 9.91 Å². The van der Waals surface area contributed by atoms with E-state index < -0.39 is 0 Å². The molecule has 1 rings (SSSR count). The molecule has 0 bridgehead atoms. The van der Waals surface area contributed by atoms with Crippen LogP contribution in [-0.4, -0.2) is 29.5 Å². The summed E-state index contributed by atoms with van der Waals surface area (Å²) in [6, 6.07) is 0. The summed E-state index contributed by atoms with van der Waals surface area (Å²) in [6.45, 7) is 4.28. The number of hydrazone groups is 1. The Bertz CT molecular complexity index is 216. The van der Waals surface area contributed by atoms with Crippen LogP contribution in [0.1, 0.15) is 20.3 Å². The Morgan fingerprint density at radius 1 is 1.67 bits per heavy atom. The topological polar surface area (TPSA) is 42.6 Å². The van der Waals surface area contributed by atoms with Gasteiger partial charge in [-0.05, 0) is 12.3 Å². The molecule has 0 aromatic rings. The first-order valence-electron chi connectivity index (χ1n) is 4.10. The Hall–Kier alpha value is -1.24. The minimum atomic E-state index is 0.120. The monoisotopic (exact) mass is 166 g/mol. The second kappa shape index (κ2) is 3.44. The van der Waals surface area contributed by atoms with E-state index >= 15 is 0 Å². The lowest BCUT2D eigenvalue weighted by atomic mass is 10.1. The molecule has 4 nitrogen and oxygen atoms in total. The van der Waals surface area contributed by atoms with Crippen molar-refractivity contribution < 1.29 is 0 Å². The fraction of sp³-hybridized carbons (Fsp3) is 0.750. The molecule has 1 aliphatic rings. The van der Waals surface area contributed by atoms with E-state index in [1.165, 1.54) is 0 Å². The van der Waals surface area contributed by atoms with Gasteiger partial charge in [0.15, 0.2) is 6.19 Å². The van der Waals surface area contributed by atoms with Crippen LogP contribution in [0, 0.1) is 17.4 Å². The van der Waals surface area contributed by atoms with Gasteiger partial charge in [0.1, 0.15) is 12.5 Å². The highest BCUT2D eigenvalue weighted by Gasteiger charge is 2.25. The molecule has 0 saturated heterocycles. The van der Waals surface area contributed by atoms with E-state index in [0.29, 0.717) is 5.92 Å². The van der Waals surface area contributed by atoms with Crippen LogP contribution in [0.4, 0.5) is 0 Å². The van der Waals surface area contributed by atoms with Gasteiger partial charge < -0.3 is 0 Å². The minimum Gasteiger partial charge on any atom is -0.275 e. The quantitative estimate of drug-likeness (QED) is 0.575. The largest absolute Gasteiger partial charge is 0.275 e. The second-order valence-corrected chi connectivity index (χ2v) is 3.42. The maximum absolute atomic E-state index is 8.73. The van der Waals surface area contributed by atoms with Gasteiger partial charge in [-0.2, -0.15) is 10.4 Å². The zero-order valence-electron chi connectivity index (χ0n) is 7.73. The van der Waals surface area contributed by atoms with Crippen LogP contribution < -0.4 is 0 Å². The lowest BCUT2D eigenvalue weighted by molar-refractivity contribution is 0.170. The second-order valence-electron chi connectivity index (χ2n) is 3.42. The third-order valence-corrected chi connectivity index (χ3v) is 1.91. The van der Waals surface area contributed by atoms with Crippen LogP contribution in [0.3, 0.4) is 0 Å². The van der Waals surface area contributed by atoms with Crippen LogP contribution in [-0.2, 0) is 0 Å². The number of hydrogen-bond donors (Lipinski definition) is 0. The molecule has 0 saturated carbocycles. The molecular weight excluding hydrogens is 152 g/mol. The van der Waals surface area contributed by atoms with Gasteiger partial charge in [0.05, 0.1) is 0 Å². The average Bonchev–Trinajstić information content (AvgIpc) is 2.32. The maximum atomic E-state index is 8.73. The van der Waals surface area contributed by atoms with Crippen molar-refractivity contribution in [2.75, 3.05) is 7.05 Å². The Morgan fingerprint density at radius 2 is 2.33 bits per heavy atom. The zero-order chi connectivity index (χ0) is 9.14. The molecule has 1 heterocycles. The molecule has 1 aliphatic heterocycles. The zero-order valence-corrected chi connectivity index (χ0v) is 7.73. The van der Waals surface area contributed by atoms with Gasteiger partial charge >= 0.3 is 0 Å². The van der Waals surface area contributed by atoms with Gasteiger partial charge in [-0.25, -0.2) is 4.90 Å². The number of rotatable bonds is 2. The fourth-order valence-electron chi connectivity index (χ4n) is 1.25. The summed E-state index contributed by atoms with van der Waals surface area (Å²) in [6.07, 6.45) is 4.75. The molecule has 12 heavy (non-hydrogen) atoms. The minimum absolute atomic E-state index is 0.120. The highest BCUT2D eigenvalue weighted by Crippen LogP contribution is 2.16. The van der Waals surface area contributed by atoms with Crippen LogP contribution in [0.15, 0.2) is 5.10 Å². The fourth-order valence-corrected chi connectivity index (χ4v) is 1.25. The van der Waals surface area contributed by atoms with Gasteiger partial charge in [0.25, 0.3) is 0 Å². The van der Waals surface area contributed by atoms with Gasteiger partial charge in [0, 0.05) is 7.05 Å². The van der Waals surface area contributed by atoms with E-state index in [0.717, 1.165) is 6.42 Å². The van der Waals surface area contributed by atoms with Gasteiger partial charge in [-0.15, -0.1) is 0 Å². The molecule has 0 radical (unpaired) electrons. The van der Waals surface area contributed by atoms with Crippen LogP contribution >= 0.6 is 0 Å². The number of nitrogens with zero attached hydrogens (tertiary/aromatic N) is 4. The molecule has 0 N–H and O–H groups in total. The molecule has 0 amide bonds. The molecule has 4 heteroatoms. The molecule has 1 atom stereocenters. The summed E-state index contributed by atoms with van der Waals surface area (Å²) < 4.78 is 0. The van der Waals surface area contributed by atoms with E-state index in [9.17, 15) is 0 Å². The standard InChI is InChI=1S/C8H14N4/c1-7(2)4-8-11(3)10-6-12(8)5-9/h6-8H,4H2,1-3H3. The van der Waals surface area contributed by atoms with E-state index in [2.05, 4.69) is 25.1 Å². The van der Waals surface area contributed by atoms with Gasteiger partial charge in [-0.1, -0.05) is 13.8 Å². The molecular formula is C8H14N4. The lowest BCUT2D eigenvalue weighted by Crippen LogP contribution is -2.35. The van der Waals surface area contributed by atoms with Crippen molar-refractivity contribution in [2.45, 2.75) is 26.4 Å². The van der Waals surface area contributed by atoms with E-state index in [-0.39, 0.29) is 6.17 Å². The van der Waals surface area contributed by atoms with Crippen molar-refractivity contribution in [3.8, 4) is 6.19 Å². The van der Waals surface area contributed by atoms with Gasteiger partial charge in [-0.3, -0.25) is 5.01 Å². The van der Waals surface area contributed by atoms with E-state index in [1.807, 2.05) is 12.1 Å². The average molecular weight is 166 g/mol. The van der Waals surface area contributed by atoms with Crippen LogP contribution in [0.5, 0.6) is 0 Å². The molecule has 0 fully saturated rings. The van der Waals surface area contributed by atoms with Crippen molar-refractivity contribution in [1.29, 1.82) is 5.26 Å². The molecule has 1 unspecified atom stereocenters. The maximum Gasteiger partial charge on any atom is 0.187 e. The highest BCUT2D eigenvalue weighted by molar-refractivity contribution is 5.59. The molecule has 66 valence electrons. The summed E-state index contributed by atoms with van der Waals surface area (Å²) in [7, 11) is 1.89. The van der Waals surface area contributed by atoms with Crippen molar-refractivity contribution in [3.05, 3.63) is 0 Å². The normalized spacial score (nSPS) is 22.1. The summed E-state index contributed by atoms with van der Waals surface area (Å²) in [5, 5.41) is 14.6. The third-order valence-electron chi connectivity index (χ3n) is 1.91. The number of hydrogen-bond acceptors (Lipinski definition) is 4. The van der Waals surface area contributed by atoms with Crippen LogP contribution in [0.25, 0.3) is 0 Å². The first-order chi connectivity index (χ1) is 5.65. The Balaban J connectivity index is 2.57. The summed E-state index contributed by atoms with van der Waals surface area (Å²) in [4.78, 5) is 1.58. The smallest absolute Gasteiger partial charge is 0.187 e. The molecule has 0 aromatic heterocycles. The molecule has 0 aromatic carbocycles. The first-order valence-corrected chi connectivity index (χ1v) is 4.10. The van der Waals surface area contributed by atoms with Gasteiger partial charge in [0.2, 0.25) is 0 Å². The molecule has 0 aliphatic carbocycles. The van der Waals surface area contributed by atoms with Crippen LogP contribution in [0.2, 0.25) is 0 Å². The highest BCUT2D eigenvalue weighted by atomic mass is 15.6. The van der Waals surface area contributed by atoms with Crippen molar-refractivity contribution in [3.63, 3.8) is 0 Å². The first kappa shape index (κ1) is 8.85. The number of nitriles is 1.